The zero-order chi connectivity index (χ0) is 13.9. The molecular formula is C13H19N3OS2. The molecule has 19 heavy (non-hydrogen) atoms. The van der Waals surface area contributed by atoms with E-state index in [0.717, 1.165) is 30.3 Å². The average molecular weight is 297 g/mol. The van der Waals surface area contributed by atoms with Crippen LogP contribution in [0.1, 0.15) is 32.6 Å². The van der Waals surface area contributed by atoms with Crippen LogP contribution < -0.4 is 5.32 Å². The number of carbonyl (C=O) groups is 1. The molecule has 1 unspecified atom stereocenters. The maximum absolute atomic E-state index is 11.9. The van der Waals surface area contributed by atoms with Gasteiger partial charge in [0.25, 0.3) is 0 Å². The summed E-state index contributed by atoms with van der Waals surface area (Å²) in [5.41, 5.74) is -0.701. The van der Waals surface area contributed by atoms with Crippen LogP contribution in [0, 0.1) is 17.2 Å². The number of thioether (sulfide) groups is 1. The maximum Gasteiger partial charge on any atom is 0.231 e. The number of nitriles is 1. The number of carbonyl (C=O) groups excluding carboxylic acids is 1. The molecule has 1 atom stereocenters. The third kappa shape index (κ3) is 3.83. The van der Waals surface area contributed by atoms with Gasteiger partial charge in [-0.2, -0.15) is 5.26 Å². The average Bonchev–Trinajstić information content (AvgIpc) is 3.12. The lowest BCUT2D eigenvalue weighted by Crippen LogP contribution is -2.47. The summed E-state index contributed by atoms with van der Waals surface area (Å²) >= 11 is 6.71. The van der Waals surface area contributed by atoms with E-state index in [1.807, 2.05) is 6.92 Å². The van der Waals surface area contributed by atoms with E-state index in [2.05, 4.69) is 16.3 Å². The Labute approximate surface area is 123 Å². The van der Waals surface area contributed by atoms with Crippen molar-refractivity contribution < 1.29 is 4.79 Å². The Bertz CT molecular complexity index is 411. The molecule has 2 aliphatic rings. The molecule has 1 aliphatic heterocycles. The fraction of sp³-hybridized carbons (Fsp3) is 0.769. The Morgan fingerprint density at radius 3 is 2.68 bits per heavy atom. The largest absolute Gasteiger partial charge is 0.358 e. The van der Waals surface area contributed by atoms with E-state index >= 15 is 0 Å². The van der Waals surface area contributed by atoms with Crippen molar-refractivity contribution in [3.05, 3.63) is 0 Å². The molecule has 1 saturated carbocycles. The Hall–Kier alpha value is -0.800. The predicted molar refractivity (Wildman–Crippen MR) is 80.7 cm³/mol. The molecule has 4 nitrogen and oxygen atoms in total. The third-order valence-corrected chi connectivity index (χ3v) is 5.24. The summed E-state index contributed by atoms with van der Waals surface area (Å²) in [4.78, 5) is 14.1. The van der Waals surface area contributed by atoms with Crippen molar-refractivity contribution in [3.63, 3.8) is 0 Å². The molecule has 0 aromatic carbocycles. The van der Waals surface area contributed by atoms with Crippen LogP contribution in [0.5, 0.6) is 0 Å². The van der Waals surface area contributed by atoms with Gasteiger partial charge < -0.3 is 10.2 Å². The summed E-state index contributed by atoms with van der Waals surface area (Å²) in [5, 5.41) is 12.0. The van der Waals surface area contributed by atoms with Crippen molar-refractivity contribution >= 4 is 34.2 Å². The topological polar surface area (TPSA) is 56.1 Å². The van der Waals surface area contributed by atoms with E-state index in [-0.39, 0.29) is 5.91 Å². The molecule has 0 aromatic rings. The van der Waals surface area contributed by atoms with E-state index in [4.69, 9.17) is 12.2 Å². The van der Waals surface area contributed by atoms with Crippen LogP contribution in [0.25, 0.3) is 0 Å². The van der Waals surface area contributed by atoms with Crippen molar-refractivity contribution in [1.82, 2.24) is 10.2 Å². The number of amides is 1. The number of hydrogen-bond donors (Lipinski definition) is 1. The lowest BCUT2D eigenvalue weighted by Gasteiger charge is -2.23. The van der Waals surface area contributed by atoms with E-state index in [0.29, 0.717) is 11.7 Å². The first-order valence-corrected chi connectivity index (χ1v) is 8.08. The van der Waals surface area contributed by atoms with Crippen LogP contribution in [0.3, 0.4) is 0 Å². The first-order chi connectivity index (χ1) is 9.05. The lowest BCUT2D eigenvalue weighted by atomic mass is 9.98. The van der Waals surface area contributed by atoms with Gasteiger partial charge in [-0.1, -0.05) is 24.0 Å². The highest BCUT2D eigenvalue weighted by molar-refractivity contribution is 8.23. The molecule has 1 amide bonds. The Morgan fingerprint density at radius 1 is 1.53 bits per heavy atom. The molecule has 104 valence electrons. The minimum atomic E-state index is -0.701. The fourth-order valence-electron chi connectivity index (χ4n) is 2.33. The Balaban J connectivity index is 1.75. The molecule has 1 N–H and O–H groups in total. The molecule has 0 radical (unpaired) electrons. The van der Waals surface area contributed by atoms with Gasteiger partial charge in [0.05, 0.1) is 11.8 Å². The molecule has 1 aliphatic carbocycles. The standard InChI is InChI=1S/C13H19N3OS2/c1-13(9-14,10-4-5-10)15-11(17)8-19-12(18)16-6-2-3-7-16/h10H,2-8H2,1H3,(H,15,17). The van der Waals surface area contributed by atoms with E-state index in [9.17, 15) is 10.1 Å². The number of hydrogen-bond acceptors (Lipinski definition) is 4. The second-order valence-corrected chi connectivity index (χ2v) is 6.99. The highest BCUT2D eigenvalue weighted by atomic mass is 32.2. The normalized spacial score (nSPS) is 21.6. The number of likely N-dealkylation sites (tertiary alicyclic amines) is 1. The number of nitrogens with one attached hydrogen (secondary N) is 1. The summed E-state index contributed by atoms with van der Waals surface area (Å²) in [6, 6.07) is 2.23. The van der Waals surface area contributed by atoms with Gasteiger partial charge in [-0.05, 0) is 38.5 Å². The van der Waals surface area contributed by atoms with Crippen LogP contribution in [-0.2, 0) is 4.79 Å². The van der Waals surface area contributed by atoms with E-state index < -0.39 is 5.54 Å². The molecule has 0 spiro atoms. The molecule has 0 bridgehead atoms. The Morgan fingerprint density at radius 2 is 2.16 bits per heavy atom. The van der Waals surface area contributed by atoms with Crippen molar-refractivity contribution in [3.8, 4) is 6.07 Å². The molecule has 2 fully saturated rings. The summed E-state index contributed by atoms with van der Waals surface area (Å²) in [6.07, 6.45) is 4.43. The van der Waals surface area contributed by atoms with Crippen LogP contribution in [0.2, 0.25) is 0 Å². The summed E-state index contributed by atoms with van der Waals surface area (Å²) in [6.45, 7) is 3.82. The lowest BCUT2D eigenvalue weighted by molar-refractivity contribution is -0.119. The first-order valence-electron chi connectivity index (χ1n) is 6.69. The van der Waals surface area contributed by atoms with Gasteiger partial charge in [0.1, 0.15) is 9.86 Å². The summed E-state index contributed by atoms with van der Waals surface area (Å²) < 4.78 is 0.803. The quantitative estimate of drug-likeness (QED) is 0.803. The van der Waals surface area contributed by atoms with Gasteiger partial charge in [0.15, 0.2) is 0 Å². The number of rotatable bonds is 4. The third-order valence-electron chi connectivity index (χ3n) is 3.72. The number of thiocarbonyl (C=S) groups is 1. The van der Waals surface area contributed by atoms with Gasteiger partial charge in [0, 0.05) is 13.1 Å². The van der Waals surface area contributed by atoms with Crippen LogP contribution in [-0.4, -0.2) is 39.5 Å². The minimum absolute atomic E-state index is 0.0949. The first kappa shape index (κ1) is 14.6. The predicted octanol–water partition coefficient (Wildman–Crippen LogP) is 1.91. The maximum atomic E-state index is 11.9. The minimum Gasteiger partial charge on any atom is -0.358 e. The zero-order valence-corrected chi connectivity index (χ0v) is 12.8. The number of nitrogens with zero attached hydrogens (tertiary/aromatic N) is 2. The molecule has 1 saturated heterocycles. The van der Waals surface area contributed by atoms with Gasteiger partial charge in [-0.25, -0.2) is 0 Å². The molecule has 6 heteroatoms. The monoisotopic (exact) mass is 297 g/mol. The fourth-order valence-corrected chi connectivity index (χ4v) is 3.38. The van der Waals surface area contributed by atoms with Crippen molar-refractivity contribution in [2.24, 2.45) is 5.92 Å². The van der Waals surface area contributed by atoms with E-state index in [1.165, 1.54) is 24.6 Å². The van der Waals surface area contributed by atoms with E-state index in [1.54, 1.807) is 0 Å². The van der Waals surface area contributed by atoms with Crippen LogP contribution in [0.4, 0.5) is 0 Å². The molecule has 1 heterocycles. The SMILES string of the molecule is CC(C#N)(NC(=O)CSC(=S)N1CCCC1)C1CC1. The molecular weight excluding hydrogens is 278 g/mol. The van der Waals surface area contributed by atoms with Crippen LogP contribution >= 0.6 is 24.0 Å². The molecule has 0 aromatic heterocycles. The summed E-state index contributed by atoms with van der Waals surface area (Å²) in [7, 11) is 0. The summed E-state index contributed by atoms with van der Waals surface area (Å²) in [5.74, 6) is 0.527. The van der Waals surface area contributed by atoms with Crippen molar-refractivity contribution in [2.75, 3.05) is 18.8 Å². The molecule has 2 rings (SSSR count). The highest BCUT2D eigenvalue weighted by Gasteiger charge is 2.42. The zero-order valence-electron chi connectivity index (χ0n) is 11.1. The van der Waals surface area contributed by atoms with Crippen LogP contribution in [0.15, 0.2) is 0 Å². The second-order valence-electron chi connectivity index (χ2n) is 5.39. The smallest absolute Gasteiger partial charge is 0.231 e. The highest BCUT2D eigenvalue weighted by Crippen LogP contribution is 2.39. The van der Waals surface area contributed by atoms with Crippen molar-refractivity contribution in [2.45, 2.75) is 38.1 Å². The van der Waals surface area contributed by atoms with Gasteiger partial charge in [-0.3, -0.25) is 4.79 Å². The second kappa shape index (κ2) is 6.10. The van der Waals surface area contributed by atoms with Gasteiger partial charge in [0.2, 0.25) is 5.91 Å². The van der Waals surface area contributed by atoms with Gasteiger partial charge >= 0.3 is 0 Å². The van der Waals surface area contributed by atoms with Gasteiger partial charge in [-0.15, -0.1) is 0 Å². The Kier molecular flexibility index (Phi) is 4.69. The van der Waals surface area contributed by atoms with Crippen molar-refractivity contribution in [1.29, 1.82) is 5.26 Å².